The van der Waals surface area contributed by atoms with E-state index in [-0.39, 0.29) is 40.8 Å². The minimum absolute atomic E-state index is 0.135. The Hall–Kier alpha value is -5.66. The summed E-state index contributed by atoms with van der Waals surface area (Å²) >= 11 is -0.346. The van der Waals surface area contributed by atoms with Crippen molar-refractivity contribution in [2.45, 2.75) is 12.1 Å². The normalized spacial score (nSPS) is 12.8. The summed E-state index contributed by atoms with van der Waals surface area (Å²) in [6.07, 6.45) is 0. The maximum absolute atomic E-state index is 7.22. The second kappa shape index (κ2) is 24.1. The molecule has 2 atom stereocenters. The van der Waals surface area contributed by atoms with Gasteiger partial charge in [0, 0.05) is 12.1 Å². The van der Waals surface area contributed by atoms with Crippen molar-refractivity contribution in [1.82, 2.24) is 0 Å². The SMILES string of the molecule is COc1ccc(C(N)C(N)c2ccc(OC)cc2)cc1.[Cl][Ru+2][Cl].c1ccc([PH+](c2ccccc2)c2ccc3c(c2Oc2c([PH+](c4ccccc4)c4ccccc4)ccc4c2OCO4)OCO3)cc1. The Morgan fingerprint density at radius 1 is 0.441 bits per heavy atom. The van der Waals surface area contributed by atoms with Gasteiger partial charge in [-0.25, -0.2) is 0 Å². The van der Waals surface area contributed by atoms with Crippen molar-refractivity contribution in [1.29, 1.82) is 0 Å². The third-order valence-corrected chi connectivity index (χ3v) is 16.9. The summed E-state index contributed by atoms with van der Waals surface area (Å²) in [4.78, 5) is 0. The van der Waals surface area contributed by atoms with Gasteiger partial charge in [-0.15, -0.1) is 0 Å². The van der Waals surface area contributed by atoms with E-state index in [1.807, 2.05) is 60.7 Å². The third-order valence-electron chi connectivity index (χ3n) is 11.4. The van der Waals surface area contributed by atoms with E-state index >= 15 is 0 Å². The number of rotatable bonds is 13. The van der Waals surface area contributed by atoms with E-state index in [0.717, 1.165) is 33.2 Å². The fraction of sp³-hybridized carbons (Fsp3) is 0.111. The summed E-state index contributed by atoms with van der Waals surface area (Å²) in [5.41, 5.74) is 14.4. The Morgan fingerprint density at radius 3 is 1.04 bits per heavy atom. The van der Waals surface area contributed by atoms with Crippen molar-refractivity contribution in [3.63, 3.8) is 0 Å². The predicted molar refractivity (Wildman–Crippen MR) is 277 cm³/mol. The Bertz CT molecular complexity index is 2570. The molecular formula is C54H50Cl2N2O7P2Ru+4. The smallest absolute Gasteiger partial charge is 0.231 e. The Labute approximate surface area is 415 Å². The van der Waals surface area contributed by atoms with Crippen LogP contribution in [0.25, 0.3) is 0 Å². The molecule has 346 valence electrons. The van der Waals surface area contributed by atoms with Crippen molar-refractivity contribution in [3.05, 3.63) is 205 Å². The molecule has 0 aliphatic carbocycles. The van der Waals surface area contributed by atoms with Crippen molar-refractivity contribution in [3.8, 4) is 46.0 Å². The second-order valence-corrected chi connectivity index (χ2v) is 22.8. The number of methoxy groups -OCH3 is 2. The van der Waals surface area contributed by atoms with Crippen LogP contribution < -0.4 is 76.5 Å². The zero-order valence-electron chi connectivity index (χ0n) is 37.2. The van der Waals surface area contributed by atoms with Gasteiger partial charge in [0.15, 0.2) is 11.5 Å². The van der Waals surface area contributed by atoms with Crippen LogP contribution in [0.5, 0.6) is 46.0 Å². The van der Waals surface area contributed by atoms with E-state index in [4.69, 9.17) is 64.0 Å². The van der Waals surface area contributed by atoms with Crippen LogP contribution in [0, 0.1) is 0 Å². The first-order chi connectivity index (χ1) is 33.4. The van der Waals surface area contributed by atoms with Crippen LogP contribution in [0.4, 0.5) is 0 Å². The van der Waals surface area contributed by atoms with E-state index < -0.39 is 15.8 Å². The first-order valence-electron chi connectivity index (χ1n) is 21.6. The van der Waals surface area contributed by atoms with Gasteiger partial charge in [0.2, 0.25) is 36.6 Å². The average molecular weight is 1070 g/mol. The molecule has 10 rings (SSSR count). The maximum atomic E-state index is 7.22. The molecule has 0 bridgehead atoms. The zero-order chi connectivity index (χ0) is 47.2. The molecule has 2 unspecified atom stereocenters. The molecule has 0 radical (unpaired) electrons. The molecule has 4 N–H and O–H groups in total. The number of ether oxygens (including phenoxy) is 7. The minimum Gasteiger partial charge on any atom is -0.453 e. The van der Waals surface area contributed by atoms with Gasteiger partial charge in [-0.1, -0.05) is 97.1 Å². The van der Waals surface area contributed by atoms with Gasteiger partial charge in [-0.05, 0) is 108 Å². The van der Waals surface area contributed by atoms with Crippen molar-refractivity contribution in [2.24, 2.45) is 11.5 Å². The monoisotopic (exact) mass is 1070 g/mol. The Morgan fingerprint density at radius 2 is 0.750 bits per heavy atom. The van der Waals surface area contributed by atoms with E-state index in [9.17, 15) is 0 Å². The molecular weight excluding hydrogens is 1020 g/mol. The number of fused-ring (bicyclic) bond motifs is 2. The van der Waals surface area contributed by atoms with Gasteiger partial charge in [-0.3, -0.25) is 0 Å². The fourth-order valence-corrected chi connectivity index (χ4v) is 13.3. The van der Waals surface area contributed by atoms with Gasteiger partial charge in [0.1, 0.15) is 59.2 Å². The van der Waals surface area contributed by atoms with Crippen molar-refractivity contribution >= 4 is 67.1 Å². The van der Waals surface area contributed by atoms with E-state index in [1.165, 1.54) is 21.2 Å². The van der Waals surface area contributed by atoms with Crippen LogP contribution in [-0.2, 0) is 15.1 Å². The molecule has 14 heteroatoms. The van der Waals surface area contributed by atoms with E-state index in [0.29, 0.717) is 34.5 Å². The largest absolute Gasteiger partial charge is 0.453 e. The fourth-order valence-electron chi connectivity index (χ4n) is 8.03. The van der Waals surface area contributed by atoms with Gasteiger partial charge in [0.05, 0.1) is 14.2 Å². The predicted octanol–water partition coefficient (Wildman–Crippen LogP) is 9.70. The average Bonchev–Trinajstić information content (AvgIpc) is 4.10. The number of benzene rings is 8. The molecule has 68 heavy (non-hydrogen) atoms. The van der Waals surface area contributed by atoms with Crippen LogP contribution in [0.15, 0.2) is 194 Å². The van der Waals surface area contributed by atoms with Crippen LogP contribution in [0.2, 0.25) is 0 Å². The van der Waals surface area contributed by atoms with Crippen molar-refractivity contribution < 1.29 is 48.3 Å². The molecule has 0 spiro atoms. The molecule has 0 saturated carbocycles. The quantitative estimate of drug-likeness (QED) is 0.0861. The summed E-state index contributed by atoms with van der Waals surface area (Å²) in [5, 5.41) is 7.11. The molecule has 0 amide bonds. The van der Waals surface area contributed by atoms with Gasteiger partial charge >= 0.3 is 34.5 Å². The molecule has 2 aliphatic rings. The molecule has 2 heterocycles. The summed E-state index contributed by atoms with van der Waals surface area (Å²) in [6, 6.07) is 65.6. The summed E-state index contributed by atoms with van der Waals surface area (Å²) < 4.78 is 41.6. The molecule has 0 fully saturated rings. The molecule has 2 aliphatic heterocycles. The molecule has 8 aromatic rings. The number of hydrogen-bond acceptors (Lipinski definition) is 9. The topological polar surface area (TPSA) is 117 Å². The molecule has 9 nitrogen and oxygen atoms in total. The maximum Gasteiger partial charge on any atom is 0.231 e. The van der Waals surface area contributed by atoms with E-state index in [1.54, 1.807) is 14.2 Å². The minimum atomic E-state index is -1.52. The van der Waals surface area contributed by atoms with Gasteiger partial charge in [-0.2, -0.15) is 0 Å². The zero-order valence-corrected chi connectivity index (χ0v) is 42.4. The van der Waals surface area contributed by atoms with Gasteiger partial charge in [0.25, 0.3) is 0 Å². The number of halogens is 2. The summed E-state index contributed by atoms with van der Waals surface area (Å²) in [5.74, 6) is 5.46. The van der Waals surface area contributed by atoms with E-state index in [2.05, 4.69) is 133 Å². The first-order valence-corrected chi connectivity index (χ1v) is 29.0. The number of nitrogens with two attached hydrogens (primary N) is 2. The van der Waals surface area contributed by atoms with Crippen molar-refractivity contribution in [2.75, 3.05) is 27.8 Å². The standard InChI is InChI=1S/C38H28O5P2.C16H20N2O2.2ClH.Ru/c1-5-13-27(14-6-1)44(28-15-7-2-8-16-28)33-23-21-31-35(41-25-39-31)37(33)43-38-34(24-22-32-36(38)42-26-40-32)45(29-17-9-3-10-18-29)30-19-11-4-12-20-30;1-19-13-7-3-11(4-8-13)15(17)16(18)12-5-9-14(20-2)10-6-12;;;/h1-24H,25-26H2;3-10,15-16H,17-18H2,1-2H3;2*1H;/q;;;;+4. The summed E-state index contributed by atoms with van der Waals surface area (Å²) in [7, 11) is 9.94. The molecule has 8 aromatic carbocycles. The van der Waals surface area contributed by atoms with Crippen LogP contribution in [-0.4, -0.2) is 27.8 Å². The van der Waals surface area contributed by atoms with Crippen LogP contribution in [0.1, 0.15) is 23.2 Å². The Balaban J connectivity index is 0.000000227. The molecule has 0 saturated heterocycles. The van der Waals surface area contributed by atoms with Crippen LogP contribution in [0.3, 0.4) is 0 Å². The first kappa shape index (κ1) is 48.8. The van der Waals surface area contributed by atoms with Gasteiger partial charge < -0.3 is 44.6 Å². The number of hydrogen-bond donors (Lipinski definition) is 2. The summed E-state index contributed by atoms with van der Waals surface area (Å²) in [6.45, 7) is 0.271. The Kier molecular flexibility index (Phi) is 17.3. The third kappa shape index (κ3) is 11.4. The van der Waals surface area contributed by atoms with Crippen LogP contribution >= 0.6 is 35.2 Å². The second-order valence-electron chi connectivity index (χ2n) is 15.3. The molecule has 0 aromatic heterocycles.